The van der Waals surface area contributed by atoms with Gasteiger partial charge in [0.1, 0.15) is 0 Å². The van der Waals surface area contributed by atoms with Gasteiger partial charge in [0, 0.05) is 37.8 Å². The molecule has 5 heteroatoms. The van der Waals surface area contributed by atoms with Crippen LogP contribution >= 0.6 is 0 Å². The smallest absolute Gasteiger partial charge is 0.289 e. The quantitative estimate of drug-likeness (QED) is 0.871. The van der Waals surface area contributed by atoms with Gasteiger partial charge in [0.25, 0.3) is 5.91 Å². The van der Waals surface area contributed by atoms with Crippen molar-refractivity contribution < 1.29 is 9.21 Å². The minimum Gasteiger partial charge on any atom is -0.459 e. The number of nitrogens with zero attached hydrogens (tertiary/aromatic N) is 3. The lowest BCUT2D eigenvalue weighted by molar-refractivity contribution is 0.0649. The molecule has 2 aromatic rings. The van der Waals surface area contributed by atoms with E-state index >= 15 is 0 Å². The van der Waals surface area contributed by atoms with E-state index in [1.54, 1.807) is 18.4 Å². The van der Waals surface area contributed by atoms with Gasteiger partial charge in [0.2, 0.25) is 0 Å². The highest BCUT2D eigenvalue weighted by molar-refractivity contribution is 5.91. The third-order valence-electron chi connectivity index (χ3n) is 5.31. The van der Waals surface area contributed by atoms with Crippen LogP contribution in [0, 0.1) is 5.41 Å². The lowest BCUT2D eigenvalue weighted by Gasteiger charge is -2.40. The molecule has 2 saturated heterocycles. The highest BCUT2D eigenvalue weighted by atomic mass is 16.3. The molecule has 2 fully saturated rings. The second kappa shape index (κ2) is 6.40. The molecule has 2 aromatic heterocycles. The Morgan fingerprint density at radius 2 is 2.12 bits per heavy atom. The number of carbonyl (C=O) groups is 1. The molecule has 1 atom stereocenters. The monoisotopic (exact) mass is 325 g/mol. The van der Waals surface area contributed by atoms with Crippen LogP contribution in [0.1, 0.15) is 35.5 Å². The number of piperidine rings is 1. The Balaban J connectivity index is 1.41. The molecule has 1 amide bonds. The maximum atomic E-state index is 12.5. The van der Waals surface area contributed by atoms with Crippen molar-refractivity contribution in [2.75, 3.05) is 26.2 Å². The van der Waals surface area contributed by atoms with Crippen LogP contribution in [0.4, 0.5) is 0 Å². The minimum absolute atomic E-state index is 0.0266. The largest absolute Gasteiger partial charge is 0.459 e. The number of likely N-dealkylation sites (tertiary alicyclic amines) is 2. The van der Waals surface area contributed by atoms with Crippen molar-refractivity contribution in [3.05, 3.63) is 54.2 Å². The molecule has 0 aromatic carbocycles. The minimum atomic E-state index is 0.0266. The first kappa shape index (κ1) is 15.4. The molecular formula is C19H23N3O2. The number of amides is 1. The van der Waals surface area contributed by atoms with E-state index in [4.69, 9.17) is 4.42 Å². The Hall–Kier alpha value is -2.14. The van der Waals surface area contributed by atoms with Crippen molar-refractivity contribution in [3.63, 3.8) is 0 Å². The number of furan rings is 1. The summed E-state index contributed by atoms with van der Waals surface area (Å²) in [6.07, 6.45) is 6.89. The summed E-state index contributed by atoms with van der Waals surface area (Å²) in [5.41, 5.74) is 1.35. The van der Waals surface area contributed by atoms with Gasteiger partial charge in [-0.05, 0) is 50.1 Å². The predicted octanol–water partition coefficient (Wildman–Crippen LogP) is 2.80. The molecule has 0 bridgehead atoms. The van der Waals surface area contributed by atoms with Gasteiger partial charge in [-0.15, -0.1) is 0 Å². The third kappa shape index (κ3) is 3.08. The van der Waals surface area contributed by atoms with Crippen LogP contribution in [0.25, 0.3) is 0 Å². The summed E-state index contributed by atoms with van der Waals surface area (Å²) in [6, 6.07) is 9.61. The summed E-state index contributed by atoms with van der Waals surface area (Å²) in [5.74, 6) is 0.479. The molecule has 0 radical (unpaired) electrons. The topological polar surface area (TPSA) is 49.6 Å². The second-order valence-corrected chi connectivity index (χ2v) is 7.09. The van der Waals surface area contributed by atoms with Gasteiger partial charge in [0.05, 0.1) is 12.0 Å². The molecular weight excluding hydrogens is 302 g/mol. The lowest BCUT2D eigenvalue weighted by atomic mass is 9.79. The number of pyridine rings is 1. The number of aromatic nitrogens is 1. The van der Waals surface area contributed by atoms with Crippen LogP contribution in [0.2, 0.25) is 0 Å². The van der Waals surface area contributed by atoms with Crippen LogP contribution < -0.4 is 0 Å². The molecule has 2 aliphatic rings. The van der Waals surface area contributed by atoms with E-state index in [9.17, 15) is 4.79 Å². The van der Waals surface area contributed by atoms with Crippen LogP contribution in [-0.2, 0) is 6.54 Å². The molecule has 126 valence electrons. The molecule has 0 aliphatic carbocycles. The van der Waals surface area contributed by atoms with Crippen molar-refractivity contribution in [3.8, 4) is 0 Å². The molecule has 4 rings (SSSR count). The molecule has 2 aliphatic heterocycles. The van der Waals surface area contributed by atoms with E-state index in [0.717, 1.165) is 44.8 Å². The fraction of sp³-hybridized carbons (Fsp3) is 0.474. The Bertz CT molecular complexity index is 686. The summed E-state index contributed by atoms with van der Waals surface area (Å²) in [7, 11) is 0. The van der Waals surface area contributed by atoms with Crippen molar-refractivity contribution in [1.82, 2.24) is 14.8 Å². The van der Waals surface area contributed by atoms with Gasteiger partial charge in [-0.1, -0.05) is 6.07 Å². The van der Waals surface area contributed by atoms with Gasteiger partial charge >= 0.3 is 0 Å². The Labute approximate surface area is 142 Å². The van der Waals surface area contributed by atoms with E-state index in [1.165, 1.54) is 12.8 Å². The SMILES string of the molecule is O=C(c1ccco1)N1CC[C@@]2(CCCN(Cc3ccccn3)C2)C1. The average molecular weight is 325 g/mol. The van der Waals surface area contributed by atoms with Gasteiger partial charge < -0.3 is 9.32 Å². The van der Waals surface area contributed by atoms with Crippen LogP contribution in [-0.4, -0.2) is 46.9 Å². The predicted molar refractivity (Wildman–Crippen MR) is 90.4 cm³/mol. The zero-order valence-corrected chi connectivity index (χ0v) is 13.9. The summed E-state index contributed by atoms with van der Waals surface area (Å²) in [6.45, 7) is 4.73. The number of rotatable bonds is 3. The second-order valence-electron chi connectivity index (χ2n) is 7.09. The summed E-state index contributed by atoms with van der Waals surface area (Å²) in [4.78, 5) is 21.4. The molecule has 0 N–H and O–H groups in total. The number of hydrogen-bond donors (Lipinski definition) is 0. The maximum Gasteiger partial charge on any atom is 0.289 e. The fourth-order valence-electron chi connectivity index (χ4n) is 4.16. The Kier molecular flexibility index (Phi) is 4.10. The molecule has 24 heavy (non-hydrogen) atoms. The third-order valence-corrected chi connectivity index (χ3v) is 5.31. The van der Waals surface area contributed by atoms with Crippen LogP contribution in [0.5, 0.6) is 0 Å². The first-order chi connectivity index (χ1) is 11.7. The lowest BCUT2D eigenvalue weighted by Crippen LogP contribution is -2.45. The zero-order valence-electron chi connectivity index (χ0n) is 13.9. The van der Waals surface area contributed by atoms with Gasteiger partial charge in [-0.3, -0.25) is 14.7 Å². The van der Waals surface area contributed by atoms with E-state index in [2.05, 4.69) is 16.0 Å². The standard InChI is InChI=1S/C19H23N3O2/c23-18(17-6-3-12-24-17)22-11-8-19(15-22)7-4-10-21(14-19)13-16-5-1-2-9-20-16/h1-3,5-6,9,12H,4,7-8,10-11,13-15H2/t19-/m1/s1. The highest BCUT2D eigenvalue weighted by Gasteiger charge is 2.43. The van der Waals surface area contributed by atoms with Crippen molar-refractivity contribution in [2.45, 2.75) is 25.8 Å². The molecule has 5 nitrogen and oxygen atoms in total. The highest BCUT2D eigenvalue weighted by Crippen LogP contribution is 2.39. The van der Waals surface area contributed by atoms with E-state index < -0.39 is 0 Å². The van der Waals surface area contributed by atoms with Gasteiger partial charge in [-0.2, -0.15) is 0 Å². The van der Waals surface area contributed by atoms with E-state index in [-0.39, 0.29) is 11.3 Å². The van der Waals surface area contributed by atoms with Gasteiger partial charge in [0.15, 0.2) is 5.76 Å². The summed E-state index contributed by atoms with van der Waals surface area (Å²) >= 11 is 0. The zero-order chi connectivity index (χ0) is 16.4. The maximum absolute atomic E-state index is 12.5. The summed E-state index contributed by atoms with van der Waals surface area (Å²) in [5, 5.41) is 0. The van der Waals surface area contributed by atoms with Crippen LogP contribution in [0.3, 0.4) is 0 Å². The number of hydrogen-bond acceptors (Lipinski definition) is 4. The first-order valence-electron chi connectivity index (χ1n) is 8.69. The molecule has 4 heterocycles. The molecule has 0 unspecified atom stereocenters. The molecule has 0 saturated carbocycles. The van der Waals surface area contributed by atoms with E-state index in [0.29, 0.717) is 5.76 Å². The average Bonchev–Trinajstić information content (AvgIpc) is 3.26. The van der Waals surface area contributed by atoms with Crippen molar-refractivity contribution >= 4 is 5.91 Å². The van der Waals surface area contributed by atoms with Gasteiger partial charge in [-0.25, -0.2) is 0 Å². The normalized spacial score (nSPS) is 24.6. The van der Waals surface area contributed by atoms with Crippen molar-refractivity contribution in [1.29, 1.82) is 0 Å². The molecule has 1 spiro atoms. The fourth-order valence-corrected chi connectivity index (χ4v) is 4.16. The number of carbonyl (C=O) groups excluding carboxylic acids is 1. The Morgan fingerprint density at radius 1 is 1.17 bits per heavy atom. The van der Waals surface area contributed by atoms with E-state index in [1.807, 2.05) is 23.2 Å². The van der Waals surface area contributed by atoms with Crippen LogP contribution in [0.15, 0.2) is 47.2 Å². The summed E-state index contributed by atoms with van der Waals surface area (Å²) < 4.78 is 5.27. The van der Waals surface area contributed by atoms with Crippen molar-refractivity contribution in [2.24, 2.45) is 5.41 Å². The first-order valence-corrected chi connectivity index (χ1v) is 8.69. The Morgan fingerprint density at radius 3 is 2.92 bits per heavy atom.